The van der Waals surface area contributed by atoms with Gasteiger partial charge in [-0.2, -0.15) is 0 Å². The molecule has 1 aliphatic carbocycles. The summed E-state index contributed by atoms with van der Waals surface area (Å²) in [6.45, 7) is 3.95. The lowest BCUT2D eigenvalue weighted by Crippen LogP contribution is -2.31. The Morgan fingerprint density at radius 1 is 0.964 bits per heavy atom. The summed E-state index contributed by atoms with van der Waals surface area (Å²) in [6.07, 6.45) is 5.12. The highest BCUT2D eigenvalue weighted by molar-refractivity contribution is 6.22. The summed E-state index contributed by atoms with van der Waals surface area (Å²) < 4.78 is 0. The molecule has 1 fully saturated rings. The van der Waals surface area contributed by atoms with Gasteiger partial charge >= 0.3 is 0 Å². The predicted octanol–water partition coefficient (Wildman–Crippen LogP) is 4.01. The number of hydrogen-bond acceptors (Lipinski definition) is 3. The number of benzene rings is 2. The third-order valence-corrected chi connectivity index (χ3v) is 5.73. The van der Waals surface area contributed by atoms with Gasteiger partial charge in [-0.1, -0.05) is 30.4 Å². The highest BCUT2D eigenvalue weighted by Crippen LogP contribution is 2.37. The van der Waals surface area contributed by atoms with Gasteiger partial charge < -0.3 is 5.32 Å². The zero-order chi connectivity index (χ0) is 19.8. The van der Waals surface area contributed by atoms with Crippen molar-refractivity contribution in [3.8, 4) is 0 Å². The number of rotatable bonds is 3. The maximum atomic E-state index is 12.8. The summed E-state index contributed by atoms with van der Waals surface area (Å²) in [6, 6.07) is 12.4. The van der Waals surface area contributed by atoms with Crippen molar-refractivity contribution in [1.82, 2.24) is 0 Å². The summed E-state index contributed by atoms with van der Waals surface area (Å²) in [4.78, 5) is 39.5. The van der Waals surface area contributed by atoms with Crippen molar-refractivity contribution in [2.45, 2.75) is 26.7 Å². The van der Waals surface area contributed by atoms with Crippen LogP contribution in [-0.4, -0.2) is 17.7 Å². The third kappa shape index (κ3) is 3.03. The number of amides is 3. The smallest absolute Gasteiger partial charge is 0.255 e. The van der Waals surface area contributed by atoms with E-state index in [1.54, 1.807) is 24.3 Å². The molecule has 0 aromatic heterocycles. The van der Waals surface area contributed by atoms with Gasteiger partial charge in [-0.25, -0.2) is 0 Å². The van der Waals surface area contributed by atoms with Gasteiger partial charge in [-0.05, 0) is 62.1 Å². The number of allylic oxidation sites excluding steroid dienone is 2. The van der Waals surface area contributed by atoms with Gasteiger partial charge in [0.15, 0.2) is 0 Å². The molecule has 0 saturated carbocycles. The SMILES string of the molecule is Cc1cccc(NC(=O)c2cccc(N3C(=O)[C@@H]4CC=CC[C@H]4C3=O)c2)c1C. The number of hydrogen-bond donors (Lipinski definition) is 1. The Balaban J connectivity index is 1.60. The highest BCUT2D eigenvalue weighted by atomic mass is 16.2. The van der Waals surface area contributed by atoms with Crippen LogP contribution in [0.3, 0.4) is 0 Å². The molecule has 28 heavy (non-hydrogen) atoms. The van der Waals surface area contributed by atoms with Crippen LogP contribution in [0.15, 0.2) is 54.6 Å². The van der Waals surface area contributed by atoms with Gasteiger partial charge in [0.25, 0.3) is 5.91 Å². The second-order valence-corrected chi connectivity index (χ2v) is 7.42. The Hall–Kier alpha value is -3.21. The molecule has 2 aromatic carbocycles. The number of fused-ring (bicyclic) bond motifs is 1. The molecule has 0 unspecified atom stereocenters. The molecule has 1 heterocycles. The molecular weight excluding hydrogens is 352 g/mol. The van der Waals surface area contributed by atoms with Crippen molar-refractivity contribution >= 4 is 29.1 Å². The van der Waals surface area contributed by atoms with E-state index < -0.39 is 0 Å². The molecule has 1 aliphatic heterocycles. The van der Waals surface area contributed by atoms with E-state index in [4.69, 9.17) is 0 Å². The van der Waals surface area contributed by atoms with E-state index in [2.05, 4.69) is 5.32 Å². The number of nitrogens with one attached hydrogen (secondary N) is 1. The number of imide groups is 1. The fourth-order valence-corrected chi connectivity index (χ4v) is 3.92. The Kier molecular flexibility index (Phi) is 4.59. The highest BCUT2D eigenvalue weighted by Gasteiger charge is 2.47. The second-order valence-electron chi connectivity index (χ2n) is 7.42. The Morgan fingerprint density at radius 3 is 2.29 bits per heavy atom. The molecule has 1 N–H and O–H groups in total. The first-order chi connectivity index (χ1) is 13.5. The van der Waals surface area contributed by atoms with E-state index in [-0.39, 0.29) is 29.6 Å². The number of aryl methyl sites for hydroxylation is 1. The average molecular weight is 374 g/mol. The van der Waals surface area contributed by atoms with Crippen molar-refractivity contribution in [2.24, 2.45) is 11.8 Å². The summed E-state index contributed by atoms with van der Waals surface area (Å²) in [5.74, 6) is -1.19. The predicted molar refractivity (Wildman–Crippen MR) is 108 cm³/mol. The zero-order valence-corrected chi connectivity index (χ0v) is 15.9. The van der Waals surface area contributed by atoms with Crippen LogP contribution < -0.4 is 10.2 Å². The molecule has 2 atom stereocenters. The summed E-state index contributed by atoms with van der Waals surface area (Å²) in [5, 5.41) is 2.92. The lowest BCUT2D eigenvalue weighted by molar-refractivity contribution is -0.122. The number of carbonyl (C=O) groups excluding carboxylic acids is 3. The van der Waals surface area contributed by atoms with Gasteiger partial charge in [0, 0.05) is 11.3 Å². The first kappa shape index (κ1) is 18.2. The molecule has 0 bridgehead atoms. The van der Waals surface area contributed by atoms with Gasteiger partial charge in [0.2, 0.25) is 11.8 Å². The number of carbonyl (C=O) groups is 3. The van der Waals surface area contributed by atoms with E-state index in [0.29, 0.717) is 24.1 Å². The summed E-state index contributed by atoms with van der Waals surface area (Å²) in [7, 11) is 0. The minimum atomic E-state index is -0.287. The van der Waals surface area contributed by atoms with Crippen LogP contribution in [0.4, 0.5) is 11.4 Å². The van der Waals surface area contributed by atoms with Crippen LogP contribution in [0.2, 0.25) is 0 Å². The van der Waals surface area contributed by atoms with Crippen LogP contribution in [0, 0.1) is 25.7 Å². The first-order valence-electron chi connectivity index (χ1n) is 9.48. The monoisotopic (exact) mass is 374 g/mol. The maximum Gasteiger partial charge on any atom is 0.255 e. The fourth-order valence-electron chi connectivity index (χ4n) is 3.92. The van der Waals surface area contributed by atoms with Gasteiger partial charge in [0.1, 0.15) is 0 Å². The molecular formula is C23H22N2O3. The van der Waals surface area contributed by atoms with Crippen molar-refractivity contribution in [1.29, 1.82) is 0 Å². The van der Waals surface area contributed by atoms with Crippen LogP contribution in [0.25, 0.3) is 0 Å². The lowest BCUT2D eigenvalue weighted by Gasteiger charge is -2.16. The lowest BCUT2D eigenvalue weighted by atomic mass is 9.85. The van der Waals surface area contributed by atoms with Crippen LogP contribution >= 0.6 is 0 Å². The largest absolute Gasteiger partial charge is 0.322 e. The average Bonchev–Trinajstić information content (AvgIpc) is 2.96. The van der Waals surface area contributed by atoms with Crippen molar-refractivity contribution in [2.75, 3.05) is 10.2 Å². The van der Waals surface area contributed by atoms with Crippen LogP contribution in [0.5, 0.6) is 0 Å². The van der Waals surface area contributed by atoms with Crippen molar-refractivity contribution in [3.63, 3.8) is 0 Å². The molecule has 3 amide bonds. The van der Waals surface area contributed by atoms with E-state index in [1.807, 2.05) is 44.2 Å². The maximum absolute atomic E-state index is 12.8. The molecule has 0 spiro atoms. The Morgan fingerprint density at radius 2 is 1.61 bits per heavy atom. The molecule has 2 aliphatic rings. The van der Waals surface area contributed by atoms with E-state index in [0.717, 1.165) is 16.8 Å². The minimum Gasteiger partial charge on any atom is -0.322 e. The normalized spacial score (nSPS) is 21.0. The number of nitrogens with zero attached hydrogens (tertiary/aromatic N) is 1. The summed E-state index contributed by atoms with van der Waals surface area (Å²) in [5.41, 5.74) is 3.72. The molecule has 4 rings (SSSR count). The molecule has 0 radical (unpaired) electrons. The molecule has 5 heteroatoms. The van der Waals surface area contributed by atoms with Gasteiger partial charge in [0.05, 0.1) is 17.5 Å². The third-order valence-electron chi connectivity index (χ3n) is 5.73. The minimum absolute atomic E-state index is 0.175. The molecule has 2 aromatic rings. The number of anilines is 2. The first-order valence-corrected chi connectivity index (χ1v) is 9.48. The van der Waals surface area contributed by atoms with Gasteiger partial charge in [-0.15, -0.1) is 0 Å². The molecule has 142 valence electrons. The summed E-state index contributed by atoms with van der Waals surface area (Å²) >= 11 is 0. The molecule has 5 nitrogen and oxygen atoms in total. The van der Waals surface area contributed by atoms with Gasteiger partial charge in [-0.3, -0.25) is 19.3 Å². The quantitative estimate of drug-likeness (QED) is 0.652. The van der Waals surface area contributed by atoms with Crippen LogP contribution in [0.1, 0.15) is 34.3 Å². The zero-order valence-electron chi connectivity index (χ0n) is 15.9. The Labute approximate surface area is 164 Å². The topological polar surface area (TPSA) is 66.5 Å². The van der Waals surface area contributed by atoms with E-state index in [9.17, 15) is 14.4 Å². The van der Waals surface area contributed by atoms with E-state index in [1.165, 1.54) is 4.90 Å². The Bertz CT molecular complexity index is 983. The second kappa shape index (κ2) is 7.08. The van der Waals surface area contributed by atoms with Crippen LogP contribution in [-0.2, 0) is 9.59 Å². The standard InChI is InChI=1S/C23H22N2O3/c1-14-7-5-12-20(15(14)2)24-21(26)16-8-6-9-17(13-16)25-22(27)18-10-3-4-11-19(18)23(25)28/h3-9,12-13,18-19H,10-11H2,1-2H3,(H,24,26)/t18-,19-/m1/s1. The van der Waals surface area contributed by atoms with E-state index >= 15 is 0 Å². The fraction of sp³-hybridized carbons (Fsp3) is 0.261. The van der Waals surface area contributed by atoms with Crippen molar-refractivity contribution in [3.05, 3.63) is 71.3 Å². The van der Waals surface area contributed by atoms with Crippen molar-refractivity contribution < 1.29 is 14.4 Å². The molecule has 1 saturated heterocycles.